The minimum Gasteiger partial charge on any atom is -0.383 e. The second-order valence-corrected chi connectivity index (χ2v) is 23.7. The van der Waals surface area contributed by atoms with Gasteiger partial charge in [0, 0.05) is 44.4 Å². The molecule has 4 aliphatic carbocycles. The fourth-order valence-electron chi connectivity index (χ4n) is 10.2. The number of hydrogen-bond donors (Lipinski definition) is 3. The van der Waals surface area contributed by atoms with Crippen LogP contribution in [0.5, 0.6) is 0 Å². The first-order valence-electron chi connectivity index (χ1n) is 25.1. The van der Waals surface area contributed by atoms with Gasteiger partial charge in [0.2, 0.25) is 5.82 Å². The van der Waals surface area contributed by atoms with Crippen LogP contribution in [-0.4, -0.2) is 63.3 Å². The van der Waals surface area contributed by atoms with Crippen LogP contribution in [0, 0.1) is 18.2 Å². The van der Waals surface area contributed by atoms with Crippen molar-refractivity contribution in [3.63, 3.8) is 0 Å². The number of hydrogen-bond acceptors (Lipinski definition) is 15. The molecule has 0 unspecified atom stereocenters. The molecule has 5 aromatic heterocycles. The molecular formula is C54H45Cl4F2N9O6S2. The van der Waals surface area contributed by atoms with Gasteiger partial charge in [-0.05, 0) is 131 Å². The van der Waals surface area contributed by atoms with Crippen LogP contribution < -0.4 is 0 Å². The van der Waals surface area contributed by atoms with Gasteiger partial charge >= 0.3 is 0 Å². The number of thiazole rings is 2. The molecule has 4 saturated carbocycles. The Morgan fingerprint density at radius 1 is 0.662 bits per heavy atom. The third-order valence-corrected chi connectivity index (χ3v) is 18.4. The molecule has 0 aliphatic heterocycles. The zero-order chi connectivity index (χ0) is 53.2. The molecule has 3 N–H and O–H groups in total. The average Bonchev–Trinajstić information content (AvgIpc) is 4.08. The lowest BCUT2D eigenvalue weighted by Gasteiger charge is -2.34. The number of H-pyrrole nitrogens is 1. The number of benzene rings is 4. The van der Waals surface area contributed by atoms with E-state index < -0.39 is 22.8 Å². The summed E-state index contributed by atoms with van der Waals surface area (Å²) in [5.74, 6) is 1.59. The Hall–Kier alpha value is -5.50. The van der Waals surface area contributed by atoms with Crippen LogP contribution in [0.15, 0.2) is 69.7 Å². The van der Waals surface area contributed by atoms with Gasteiger partial charge < -0.3 is 28.7 Å². The molecular weight excluding hydrogens is 1110 g/mol. The Bertz CT molecular complexity index is 3670. The summed E-state index contributed by atoms with van der Waals surface area (Å²) < 4.78 is 54.6. The van der Waals surface area contributed by atoms with Crippen LogP contribution >= 0.6 is 69.1 Å². The van der Waals surface area contributed by atoms with E-state index in [0.717, 1.165) is 48.3 Å². The lowest BCUT2D eigenvalue weighted by atomic mass is 9.83. The fraction of sp³-hybridized carbons (Fsp3) is 0.370. The van der Waals surface area contributed by atoms with Crippen molar-refractivity contribution in [1.29, 1.82) is 0 Å². The molecule has 4 aliphatic rings. The molecule has 0 amide bonds. The number of rotatable bonds is 13. The number of fused-ring (bicyclic) bond motifs is 2. The highest BCUT2D eigenvalue weighted by Gasteiger charge is 2.41. The van der Waals surface area contributed by atoms with Crippen molar-refractivity contribution in [2.45, 2.75) is 126 Å². The monoisotopic (exact) mass is 1160 g/mol. The fourth-order valence-corrected chi connectivity index (χ4v) is 13.7. The minimum atomic E-state index is -1.16. The third-order valence-electron chi connectivity index (χ3n) is 14.8. The van der Waals surface area contributed by atoms with Crippen LogP contribution in [0.1, 0.15) is 122 Å². The zero-order valence-corrected chi connectivity index (χ0v) is 45.3. The van der Waals surface area contributed by atoms with Crippen LogP contribution in [0.25, 0.3) is 59.2 Å². The maximum Gasteiger partial charge on any atom is 0.204 e. The van der Waals surface area contributed by atoms with Crippen molar-refractivity contribution in [2.75, 3.05) is 0 Å². The van der Waals surface area contributed by atoms with E-state index in [1.54, 1.807) is 48.5 Å². The topological polar surface area (TPSA) is 196 Å². The molecule has 4 aromatic carbocycles. The van der Waals surface area contributed by atoms with E-state index >= 15 is 0 Å². The number of aliphatic hydroxyl groups is 2. The largest absolute Gasteiger partial charge is 0.383 e. The number of ether oxygens (including phenoxy) is 2. The molecule has 23 heteroatoms. The molecule has 0 radical (unpaired) electrons. The Morgan fingerprint density at radius 2 is 1.12 bits per heavy atom. The van der Waals surface area contributed by atoms with E-state index in [1.807, 2.05) is 0 Å². The summed E-state index contributed by atoms with van der Waals surface area (Å²) in [6, 6.07) is 16.6. The van der Waals surface area contributed by atoms with E-state index in [2.05, 4.69) is 45.8 Å². The molecule has 0 atom stereocenters. The van der Waals surface area contributed by atoms with Crippen molar-refractivity contribution in [3.8, 4) is 33.9 Å². The summed E-state index contributed by atoms with van der Waals surface area (Å²) in [4.78, 5) is 12.2. The van der Waals surface area contributed by atoms with Crippen molar-refractivity contribution in [2.24, 2.45) is 0 Å². The first kappa shape index (κ1) is 52.2. The Morgan fingerprint density at radius 3 is 1.55 bits per heavy atom. The highest BCUT2D eigenvalue weighted by atomic mass is 35.5. The van der Waals surface area contributed by atoms with Crippen molar-refractivity contribution in [3.05, 3.63) is 136 Å². The predicted molar refractivity (Wildman–Crippen MR) is 288 cm³/mol. The Balaban J connectivity index is 0.000000155. The van der Waals surface area contributed by atoms with E-state index in [4.69, 9.17) is 71.5 Å². The van der Waals surface area contributed by atoms with Crippen molar-refractivity contribution in [1.82, 2.24) is 40.9 Å². The van der Waals surface area contributed by atoms with E-state index in [-0.39, 0.29) is 28.9 Å². The first-order chi connectivity index (χ1) is 37.3. The number of nitrogens with zero attached hydrogens (tertiary/aromatic N) is 8. The van der Waals surface area contributed by atoms with E-state index in [9.17, 15) is 19.0 Å². The predicted octanol–water partition coefficient (Wildman–Crippen LogP) is 15.0. The van der Waals surface area contributed by atoms with Gasteiger partial charge in [0.1, 0.15) is 61.0 Å². The lowest BCUT2D eigenvalue weighted by molar-refractivity contribution is -0.0641. The number of halogens is 6. The second kappa shape index (κ2) is 21.3. The van der Waals surface area contributed by atoms with Gasteiger partial charge in [0.15, 0.2) is 11.5 Å². The second-order valence-electron chi connectivity index (χ2n) is 20.0. The summed E-state index contributed by atoms with van der Waals surface area (Å²) in [6.45, 7) is 7.76. The van der Waals surface area contributed by atoms with Gasteiger partial charge in [-0.25, -0.2) is 23.6 Å². The summed E-state index contributed by atoms with van der Waals surface area (Å²) in [5.41, 5.74) is 3.09. The van der Waals surface area contributed by atoms with Gasteiger partial charge in [-0.15, -0.1) is 32.9 Å². The summed E-state index contributed by atoms with van der Waals surface area (Å²) >= 11 is 28.4. The van der Waals surface area contributed by atoms with Crippen molar-refractivity contribution < 1.29 is 37.5 Å². The SMILES string of the molecule is OC1(c2nc3c(F)cc(-c4nn[nH]n4)cc3s2)CCC(OCc2c(-c3c(Cl)cccc3Cl)noc2C2CC2)CC1.[C-]#[N+]c1cc(F)c2nc(C3(O)CCC(OCc4c(-c5c(Cl)cccc5Cl)noc4C4CC4)CC3)sc2c1. The highest BCUT2D eigenvalue weighted by molar-refractivity contribution is 7.19. The minimum absolute atomic E-state index is 0.0726. The highest BCUT2D eigenvalue weighted by Crippen LogP contribution is 2.50. The number of aromatic amines is 1. The molecule has 396 valence electrons. The van der Waals surface area contributed by atoms with Gasteiger partial charge in [0.25, 0.3) is 0 Å². The zero-order valence-electron chi connectivity index (χ0n) is 40.7. The molecule has 0 bridgehead atoms. The molecule has 0 spiro atoms. The summed E-state index contributed by atoms with van der Waals surface area (Å²) in [6.07, 6.45) is 8.30. The average molecular weight is 1160 g/mol. The van der Waals surface area contributed by atoms with E-state index in [0.29, 0.717) is 150 Å². The smallest absolute Gasteiger partial charge is 0.204 e. The van der Waals surface area contributed by atoms with Gasteiger partial charge in [-0.1, -0.05) is 68.8 Å². The Labute approximate surface area is 466 Å². The Kier molecular flexibility index (Phi) is 14.4. The number of aromatic nitrogens is 8. The summed E-state index contributed by atoms with van der Waals surface area (Å²) in [7, 11) is 0. The van der Waals surface area contributed by atoms with Gasteiger partial charge in [0.05, 0.1) is 56.8 Å². The molecule has 0 saturated heterocycles. The summed E-state index contributed by atoms with van der Waals surface area (Å²) in [5, 5.41) is 48.3. The third kappa shape index (κ3) is 10.5. The lowest BCUT2D eigenvalue weighted by Crippen LogP contribution is -2.34. The normalized spacial score (nSPS) is 21.6. The molecule has 15 nitrogen and oxygen atoms in total. The van der Waals surface area contributed by atoms with Crippen LogP contribution in [0.4, 0.5) is 14.5 Å². The quantitative estimate of drug-likeness (QED) is 0.0924. The molecule has 13 rings (SSSR count). The molecule has 4 fully saturated rings. The van der Waals surface area contributed by atoms with Gasteiger partial charge in [-0.3, -0.25) is 0 Å². The molecule has 5 heterocycles. The van der Waals surface area contributed by atoms with Crippen molar-refractivity contribution >= 4 is 95.2 Å². The number of tetrazole rings is 1. The van der Waals surface area contributed by atoms with E-state index in [1.165, 1.54) is 34.8 Å². The van der Waals surface area contributed by atoms with Gasteiger partial charge in [-0.2, -0.15) is 5.21 Å². The van der Waals surface area contributed by atoms with Crippen LogP contribution in [0.3, 0.4) is 0 Å². The number of nitrogens with one attached hydrogen (secondary N) is 1. The first-order valence-corrected chi connectivity index (χ1v) is 28.3. The van der Waals surface area contributed by atoms with Crippen LogP contribution in [0.2, 0.25) is 20.1 Å². The maximum absolute atomic E-state index is 14.9. The van der Waals surface area contributed by atoms with Crippen LogP contribution in [-0.2, 0) is 33.9 Å². The standard InChI is InChI=1S/C27H23Cl2FN6O3S.C27H22Cl2FN3O3S/c28-17-2-1-3-18(29)21(17)22-16(24(39-34-22)13-4-5-13)12-38-15-6-8-27(37,9-7-15)26-31-23-19(30)10-14(11-20(23)40-26)25-32-35-36-33-25;1-31-15-11-20(30)24-21(12-15)37-26(32-24)27(34)9-7-16(8-10-27)35-13-17-23(33-36-25(17)14-5-6-14)22-18(28)3-2-4-19(22)29/h1-3,10-11,13,15,37H,4-9,12H2,(H,32,33,35,36);2-4,11-12,14,16,34H,5-10,13H2. The maximum atomic E-state index is 14.9. The molecule has 77 heavy (non-hydrogen) atoms. The molecule has 9 aromatic rings.